The molecular formula is C28H30F6O2. The predicted molar refractivity (Wildman–Crippen MR) is 127 cm³/mol. The first-order chi connectivity index (χ1) is 16.6. The Labute approximate surface area is 206 Å². The van der Waals surface area contributed by atoms with Crippen molar-refractivity contribution in [1.29, 1.82) is 0 Å². The van der Waals surface area contributed by atoms with Crippen LogP contribution >= 0.6 is 0 Å². The maximum Gasteiger partial charge on any atom is 0.412 e. The van der Waals surface area contributed by atoms with E-state index in [2.05, 4.69) is 18.4 Å². The first kappa shape index (κ1) is 27.8. The summed E-state index contributed by atoms with van der Waals surface area (Å²) < 4.78 is 84.5. The molecule has 0 saturated heterocycles. The zero-order valence-corrected chi connectivity index (χ0v) is 20.4. The van der Waals surface area contributed by atoms with Crippen molar-refractivity contribution in [3.63, 3.8) is 0 Å². The van der Waals surface area contributed by atoms with Crippen molar-refractivity contribution in [2.24, 2.45) is 16.7 Å². The second kappa shape index (κ2) is 9.57. The number of hydrogen-bond acceptors (Lipinski definition) is 2. The zero-order chi connectivity index (χ0) is 27.1. The molecule has 0 fully saturated rings. The second-order valence-corrected chi connectivity index (χ2v) is 10.3. The summed E-state index contributed by atoms with van der Waals surface area (Å²) in [6.07, 6.45) is -6.40. The molecule has 0 saturated carbocycles. The lowest BCUT2D eigenvalue weighted by Gasteiger charge is -2.49. The highest BCUT2D eigenvalue weighted by Crippen LogP contribution is 2.61. The lowest BCUT2D eigenvalue weighted by molar-refractivity contribution is -0.234. The molecule has 1 aromatic rings. The van der Waals surface area contributed by atoms with E-state index in [9.17, 15) is 36.6 Å². The molecule has 0 spiro atoms. The number of halogens is 6. The van der Waals surface area contributed by atoms with Gasteiger partial charge < -0.3 is 10.2 Å². The van der Waals surface area contributed by atoms with Gasteiger partial charge in [-0.2, -0.15) is 26.3 Å². The largest absolute Gasteiger partial charge is 0.512 e. The first-order valence-electron chi connectivity index (χ1n) is 11.7. The van der Waals surface area contributed by atoms with E-state index in [0.29, 0.717) is 28.8 Å². The third kappa shape index (κ3) is 5.16. The molecule has 36 heavy (non-hydrogen) atoms. The van der Waals surface area contributed by atoms with Crippen LogP contribution in [0.2, 0.25) is 0 Å². The van der Waals surface area contributed by atoms with Crippen LogP contribution in [0.3, 0.4) is 0 Å². The summed E-state index contributed by atoms with van der Waals surface area (Å²) in [5.41, 5.74) is -5.18. The zero-order valence-electron chi connectivity index (χ0n) is 20.4. The van der Waals surface area contributed by atoms with Crippen molar-refractivity contribution in [2.75, 3.05) is 0 Å². The van der Waals surface area contributed by atoms with Crippen molar-refractivity contribution in [1.82, 2.24) is 0 Å². The summed E-state index contributed by atoms with van der Waals surface area (Å²) in [6.45, 7) is 7.48. The van der Waals surface area contributed by atoms with Gasteiger partial charge >= 0.3 is 12.4 Å². The van der Waals surface area contributed by atoms with Crippen LogP contribution in [0.4, 0.5) is 26.3 Å². The van der Waals surface area contributed by atoms with Crippen LogP contribution in [-0.4, -0.2) is 22.6 Å². The number of hydrogen-bond donors (Lipinski definition) is 2. The quantitative estimate of drug-likeness (QED) is 0.259. The van der Waals surface area contributed by atoms with Gasteiger partial charge in [0.15, 0.2) is 0 Å². The van der Waals surface area contributed by atoms with Gasteiger partial charge in [-0.1, -0.05) is 38.0 Å². The summed E-state index contributed by atoms with van der Waals surface area (Å²) in [4.78, 5) is 0. The third-order valence-electron chi connectivity index (χ3n) is 7.35. The molecule has 0 aliphatic heterocycles. The Kier molecular flexibility index (Phi) is 7.38. The minimum absolute atomic E-state index is 0.00527. The average Bonchev–Trinajstić information content (AvgIpc) is 2.73. The third-order valence-corrected chi connectivity index (χ3v) is 7.35. The molecule has 3 rings (SSSR count). The van der Waals surface area contributed by atoms with E-state index < -0.39 is 53.4 Å². The molecule has 0 amide bonds. The number of phenolic OH excluding ortho intramolecular Hbond substituents is 1. The smallest absolute Gasteiger partial charge is 0.412 e. The van der Waals surface area contributed by atoms with E-state index in [1.807, 2.05) is 0 Å². The molecule has 4 unspecified atom stereocenters. The molecule has 2 aliphatic carbocycles. The fourth-order valence-electron chi connectivity index (χ4n) is 5.90. The molecule has 2 N–H and O–H groups in total. The Morgan fingerprint density at radius 3 is 2.36 bits per heavy atom. The molecule has 1 aromatic carbocycles. The summed E-state index contributed by atoms with van der Waals surface area (Å²) >= 11 is 0. The Bertz CT molecular complexity index is 1240. The van der Waals surface area contributed by atoms with Crippen LogP contribution < -0.4 is 10.4 Å². The first-order valence-corrected chi connectivity index (χ1v) is 11.7. The van der Waals surface area contributed by atoms with E-state index in [-0.39, 0.29) is 17.9 Å². The number of aliphatic hydroxyl groups is 1. The Balaban J connectivity index is 2.38. The van der Waals surface area contributed by atoms with Gasteiger partial charge in [-0.25, -0.2) is 0 Å². The minimum Gasteiger partial charge on any atom is -0.512 e. The molecule has 0 radical (unpaired) electrons. The fourth-order valence-corrected chi connectivity index (χ4v) is 5.90. The van der Waals surface area contributed by atoms with E-state index in [0.717, 1.165) is 13.0 Å². The van der Waals surface area contributed by atoms with Crippen LogP contribution in [0.5, 0.6) is 5.75 Å². The lowest BCUT2D eigenvalue weighted by Crippen LogP contribution is -2.47. The monoisotopic (exact) mass is 512 g/mol. The van der Waals surface area contributed by atoms with Gasteiger partial charge in [-0.15, -0.1) is 12.5 Å². The normalized spacial score (nSPS) is 26.0. The lowest BCUT2D eigenvalue weighted by atomic mass is 9.56. The molecule has 2 aliphatic rings. The van der Waals surface area contributed by atoms with Gasteiger partial charge in [0.1, 0.15) is 11.5 Å². The number of allylic oxidation sites excluding steroid dienone is 3. The number of aliphatic hydroxyl groups excluding tert-OH is 1. The predicted octanol–water partition coefficient (Wildman–Crippen LogP) is 6.79. The summed E-state index contributed by atoms with van der Waals surface area (Å²) in [5.74, 6) is 3.87. The van der Waals surface area contributed by atoms with Crippen LogP contribution in [0.15, 0.2) is 36.4 Å². The van der Waals surface area contributed by atoms with Gasteiger partial charge in [-0.05, 0) is 55.7 Å². The maximum atomic E-state index is 14.2. The van der Waals surface area contributed by atoms with E-state index in [1.54, 1.807) is 19.1 Å². The van der Waals surface area contributed by atoms with Crippen molar-refractivity contribution in [3.05, 3.63) is 52.4 Å². The number of rotatable bonds is 5. The minimum atomic E-state index is -4.94. The van der Waals surface area contributed by atoms with Crippen molar-refractivity contribution in [3.8, 4) is 17.6 Å². The van der Waals surface area contributed by atoms with E-state index in [4.69, 9.17) is 0 Å². The molecule has 0 bridgehead atoms. The molecule has 196 valence electrons. The van der Waals surface area contributed by atoms with Crippen LogP contribution in [0.25, 0.3) is 11.8 Å². The summed E-state index contributed by atoms with van der Waals surface area (Å²) in [6, 6.07) is 2.93. The maximum absolute atomic E-state index is 14.2. The molecule has 0 heterocycles. The number of benzene rings is 1. The SMILES string of the molecule is C=CCC(C#CC)C(c1cc(O)c2c(c1)=C(O)CCC=2)C1(C)C=C(C(F)(F)F)CC(C)(C(F)(F)F)C1. The van der Waals surface area contributed by atoms with Gasteiger partial charge in [0, 0.05) is 34.3 Å². The Morgan fingerprint density at radius 2 is 1.81 bits per heavy atom. The van der Waals surface area contributed by atoms with Crippen LogP contribution in [0.1, 0.15) is 64.4 Å². The highest BCUT2D eigenvalue weighted by Gasteiger charge is 2.60. The second-order valence-electron chi connectivity index (χ2n) is 10.3. The molecule has 4 atom stereocenters. The average molecular weight is 513 g/mol. The van der Waals surface area contributed by atoms with Crippen molar-refractivity contribution >= 4 is 11.8 Å². The Morgan fingerprint density at radius 1 is 1.14 bits per heavy atom. The van der Waals surface area contributed by atoms with Crippen LogP contribution in [0, 0.1) is 28.6 Å². The van der Waals surface area contributed by atoms with E-state index in [1.165, 1.54) is 19.1 Å². The van der Waals surface area contributed by atoms with Crippen molar-refractivity contribution < 1.29 is 36.6 Å². The standard InChI is InChI=1S/C28H30F6O2/c1-5-8-17(9-6-2)24(18-12-21-20(23(36)13-18)10-7-11-22(21)35)25(3)14-19(27(29,30)31)15-26(4,16-25)28(32,33)34/h5,10,12-14,17,24,35-36H,1,7-8,11,15-16H2,2-4H3. The highest BCUT2D eigenvalue weighted by molar-refractivity contribution is 5.51. The van der Waals surface area contributed by atoms with E-state index >= 15 is 0 Å². The number of phenols is 1. The van der Waals surface area contributed by atoms with Gasteiger partial charge in [0.05, 0.1) is 5.41 Å². The fraction of sp³-hybridized carbons (Fsp3) is 0.500. The molecule has 8 heteroatoms. The summed E-state index contributed by atoms with van der Waals surface area (Å²) in [7, 11) is 0. The van der Waals surface area contributed by atoms with Gasteiger partial charge in [0.2, 0.25) is 0 Å². The number of aromatic hydroxyl groups is 1. The number of fused-ring (bicyclic) bond motifs is 1. The molecule has 2 nitrogen and oxygen atoms in total. The Hall–Kier alpha value is -2.82. The van der Waals surface area contributed by atoms with Crippen molar-refractivity contribution in [2.45, 2.75) is 71.1 Å². The van der Waals surface area contributed by atoms with Crippen LogP contribution in [-0.2, 0) is 0 Å². The van der Waals surface area contributed by atoms with Gasteiger partial charge in [0.25, 0.3) is 0 Å². The van der Waals surface area contributed by atoms with Gasteiger partial charge in [-0.3, -0.25) is 0 Å². The summed E-state index contributed by atoms with van der Waals surface area (Å²) in [5, 5.41) is 21.9. The molecular weight excluding hydrogens is 482 g/mol. The highest BCUT2D eigenvalue weighted by atomic mass is 19.4. The number of alkyl halides is 6. The molecule has 0 aromatic heterocycles. The topological polar surface area (TPSA) is 40.5 Å².